The molecule has 0 N–H and O–H groups in total. The van der Waals surface area contributed by atoms with Crippen molar-refractivity contribution < 1.29 is 9.53 Å². The number of urea groups is 1. The molecule has 0 spiro atoms. The Bertz CT molecular complexity index is 154. The van der Waals surface area contributed by atoms with Gasteiger partial charge in [0.1, 0.15) is 0 Å². The molecule has 2 unspecified atom stereocenters. The SMILES string of the molecule is CN1C(=O)N(C)C2OC21. The standard InChI is InChI=1S/C5H8N2O2/c1-6-3-4(9-3)7(2)5(6)8/h3-4H,1-2H3. The molecule has 2 rings (SSSR count). The van der Waals surface area contributed by atoms with Gasteiger partial charge in [-0.05, 0) is 0 Å². The van der Waals surface area contributed by atoms with E-state index in [1.807, 2.05) is 0 Å². The summed E-state index contributed by atoms with van der Waals surface area (Å²) in [5.41, 5.74) is 0. The lowest BCUT2D eigenvalue weighted by Gasteiger charge is -2.13. The first-order valence-corrected chi connectivity index (χ1v) is 2.87. The van der Waals surface area contributed by atoms with Crippen molar-refractivity contribution in [1.29, 1.82) is 0 Å². The molecule has 0 aromatic carbocycles. The van der Waals surface area contributed by atoms with Crippen LogP contribution in [0.25, 0.3) is 0 Å². The van der Waals surface area contributed by atoms with Crippen molar-refractivity contribution in [2.75, 3.05) is 14.1 Å². The molecular weight excluding hydrogens is 120 g/mol. The van der Waals surface area contributed by atoms with Crippen molar-refractivity contribution in [1.82, 2.24) is 9.80 Å². The molecule has 4 nitrogen and oxygen atoms in total. The lowest BCUT2D eigenvalue weighted by molar-refractivity contribution is 0.128. The van der Waals surface area contributed by atoms with Crippen LogP contribution in [0.5, 0.6) is 0 Å². The van der Waals surface area contributed by atoms with Crippen LogP contribution in [0, 0.1) is 0 Å². The number of rotatable bonds is 0. The number of likely N-dealkylation sites (N-methyl/N-ethyl adjacent to an activating group) is 2. The van der Waals surface area contributed by atoms with Crippen molar-refractivity contribution >= 4 is 6.03 Å². The molecule has 0 aliphatic carbocycles. The molecule has 9 heavy (non-hydrogen) atoms. The van der Waals surface area contributed by atoms with Crippen LogP contribution in [0.2, 0.25) is 0 Å². The van der Waals surface area contributed by atoms with Crippen molar-refractivity contribution in [3.8, 4) is 0 Å². The van der Waals surface area contributed by atoms with Gasteiger partial charge in [0.2, 0.25) is 0 Å². The number of hydrogen-bond acceptors (Lipinski definition) is 2. The topological polar surface area (TPSA) is 36.1 Å². The van der Waals surface area contributed by atoms with E-state index in [1.54, 1.807) is 23.9 Å². The van der Waals surface area contributed by atoms with E-state index in [1.165, 1.54) is 0 Å². The first-order valence-electron chi connectivity index (χ1n) is 2.87. The molecule has 2 aliphatic heterocycles. The van der Waals surface area contributed by atoms with E-state index in [9.17, 15) is 4.79 Å². The van der Waals surface area contributed by atoms with Gasteiger partial charge in [0.25, 0.3) is 0 Å². The molecule has 2 fully saturated rings. The highest BCUT2D eigenvalue weighted by Gasteiger charge is 2.56. The first kappa shape index (κ1) is 5.05. The zero-order valence-corrected chi connectivity index (χ0v) is 5.37. The molecule has 50 valence electrons. The third kappa shape index (κ3) is 0.439. The summed E-state index contributed by atoms with van der Waals surface area (Å²) in [4.78, 5) is 14.1. The number of epoxide rings is 1. The second-order valence-corrected chi connectivity index (χ2v) is 2.42. The van der Waals surface area contributed by atoms with E-state index >= 15 is 0 Å². The Labute approximate surface area is 53.0 Å². The number of carbonyl (C=O) groups is 1. The number of amides is 2. The van der Waals surface area contributed by atoms with E-state index in [0.29, 0.717) is 0 Å². The number of hydrogen-bond donors (Lipinski definition) is 0. The van der Waals surface area contributed by atoms with E-state index in [0.717, 1.165) is 0 Å². The maximum atomic E-state index is 10.9. The van der Waals surface area contributed by atoms with E-state index < -0.39 is 0 Å². The van der Waals surface area contributed by atoms with Crippen molar-refractivity contribution in [2.24, 2.45) is 0 Å². The minimum absolute atomic E-state index is 0.0440. The first-order chi connectivity index (χ1) is 4.22. The summed E-state index contributed by atoms with van der Waals surface area (Å²) in [5, 5.41) is 0. The monoisotopic (exact) mass is 128 g/mol. The predicted molar refractivity (Wildman–Crippen MR) is 29.6 cm³/mol. The molecular formula is C5H8N2O2. The number of ether oxygens (including phenoxy) is 1. The van der Waals surface area contributed by atoms with Gasteiger partial charge in [0.05, 0.1) is 0 Å². The minimum atomic E-state index is 0.0440. The summed E-state index contributed by atoms with van der Waals surface area (Å²) in [6.07, 6.45) is 0.0880. The Morgan fingerprint density at radius 3 is 2.00 bits per heavy atom. The third-order valence-electron chi connectivity index (χ3n) is 1.81. The fourth-order valence-electron chi connectivity index (χ4n) is 1.13. The fraction of sp³-hybridized carbons (Fsp3) is 0.800. The number of fused-ring (bicyclic) bond motifs is 1. The zero-order valence-electron chi connectivity index (χ0n) is 5.37. The van der Waals surface area contributed by atoms with Crippen molar-refractivity contribution in [3.05, 3.63) is 0 Å². The molecule has 4 heteroatoms. The average Bonchev–Trinajstić information content (AvgIpc) is 2.56. The van der Waals surface area contributed by atoms with Crippen LogP contribution >= 0.6 is 0 Å². The van der Waals surface area contributed by atoms with Gasteiger partial charge in [-0.3, -0.25) is 9.80 Å². The second kappa shape index (κ2) is 1.21. The summed E-state index contributed by atoms with van der Waals surface area (Å²) in [6.45, 7) is 0. The van der Waals surface area contributed by atoms with Crippen LogP contribution in [-0.2, 0) is 4.74 Å². The van der Waals surface area contributed by atoms with E-state index in [2.05, 4.69) is 0 Å². The number of nitrogens with zero attached hydrogens (tertiary/aromatic N) is 2. The van der Waals surface area contributed by atoms with Crippen LogP contribution in [0.3, 0.4) is 0 Å². The molecule has 2 heterocycles. The van der Waals surface area contributed by atoms with E-state index in [-0.39, 0.29) is 18.5 Å². The van der Waals surface area contributed by atoms with Gasteiger partial charge in [0, 0.05) is 14.1 Å². The Morgan fingerprint density at radius 2 is 1.78 bits per heavy atom. The van der Waals surface area contributed by atoms with Gasteiger partial charge in [-0.1, -0.05) is 0 Å². The fourth-order valence-corrected chi connectivity index (χ4v) is 1.13. The van der Waals surface area contributed by atoms with Crippen LogP contribution in [0.15, 0.2) is 0 Å². The van der Waals surface area contributed by atoms with Crippen LogP contribution in [-0.4, -0.2) is 42.4 Å². The number of carbonyl (C=O) groups excluding carboxylic acids is 1. The average molecular weight is 128 g/mol. The molecule has 0 bridgehead atoms. The Kier molecular flexibility index (Phi) is 0.679. The summed E-state index contributed by atoms with van der Waals surface area (Å²) < 4.78 is 5.08. The Balaban J connectivity index is 2.23. The second-order valence-electron chi connectivity index (χ2n) is 2.42. The largest absolute Gasteiger partial charge is 0.325 e. The van der Waals surface area contributed by atoms with Crippen LogP contribution in [0.4, 0.5) is 4.79 Å². The lowest BCUT2D eigenvalue weighted by Crippen LogP contribution is -2.32. The predicted octanol–water partition coefficient (Wildman–Crippen LogP) is -0.334. The Morgan fingerprint density at radius 1 is 1.33 bits per heavy atom. The van der Waals surface area contributed by atoms with Crippen molar-refractivity contribution in [2.45, 2.75) is 12.5 Å². The lowest BCUT2D eigenvalue weighted by atomic mass is 10.6. The van der Waals surface area contributed by atoms with Gasteiger partial charge >= 0.3 is 6.03 Å². The van der Waals surface area contributed by atoms with Crippen molar-refractivity contribution in [3.63, 3.8) is 0 Å². The highest BCUT2D eigenvalue weighted by molar-refractivity contribution is 5.77. The van der Waals surface area contributed by atoms with Gasteiger partial charge in [-0.15, -0.1) is 0 Å². The molecule has 0 aromatic heterocycles. The summed E-state index contributed by atoms with van der Waals surface area (Å²) in [6, 6.07) is 0.0521. The molecule has 2 atom stereocenters. The van der Waals surface area contributed by atoms with Crippen LogP contribution < -0.4 is 0 Å². The third-order valence-corrected chi connectivity index (χ3v) is 1.81. The molecule has 0 radical (unpaired) electrons. The highest BCUT2D eigenvalue weighted by Crippen LogP contribution is 2.34. The minimum Gasteiger partial charge on any atom is -0.325 e. The summed E-state index contributed by atoms with van der Waals surface area (Å²) in [5.74, 6) is 0. The van der Waals surface area contributed by atoms with Gasteiger partial charge in [-0.2, -0.15) is 0 Å². The normalized spacial score (nSPS) is 39.6. The maximum Gasteiger partial charge on any atom is 0.323 e. The molecule has 2 aliphatic rings. The summed E-state index contributed by atoms with van der Waals surface area (Å²) >= 11 is 0. The molecule has 0 saturated carbocycles. The van der Waals surface area contributed by atoms with Gasteiger partial charge < -0.3 is 4.74 Å². The highest BCUT2D eigenvalue weighted by atomic mass is 16.6. The van der Waals surface area contributed by atoms with Crippen LogP contribution in [0.1, 0.15) is 0 Å². The molecule has 2 saturated heterocycles. The van der Waals surface area contributed by atoms with Gasteiger partial charge in [-0.25, -0.2) is 4.79 Å². The zero-order chi connectivity index (χ0) is 6.59. The summed E-state index contributed by atoms with van der Waals surface area (Å²) in [7, 11) is 3.49. The smallest absolute Gasteiger partial charge is 0.323 e. The quantitative estimate of drug-likeness (QED) is 0.419. The van der Waals surface area contributed by atoms with Gasteiger partial charge in [0.15, 0.2) is 12.5 Å². The van der Waals surface area contributed by atoms with E-state index in [4.69, 9.17) is 4.74 Å². The Hall–Kier alpha value is -0.770. The molecule has 2 amide bonds. The maximum absolute atomic E-state index is 10.9. The molecule has 0 aromatic rings.